The third kappa shape index (κ3) is 4.43. The Labute approximate surface area is 168 Å². The Hall–Kier alpha value is -2.23. The average molecular weight is 423 g/mol. The molecule has 0 saturated heterocycles. The summed E-state index contributed by atoms with van der Waals surface area (Å²) in [6.07, 6.45) is 0. The number of hydrogen-bond donors (Lipinski definition) is 2. The highest BCUT2D eigenvalue weighted by Gasteiger charge is 2.23. The molecule has 28 heavy (non-hydrogen) atoms. The van der Waals surface area contributed by atoms with Gasteiger partial charge in [-0.25, -0.2) is 13.1 Å². The molecule has 0 unspecified atom stereocenters. The van der Waals surface area contributed by atoms with Crippen molar-refractivity contribution in [1.29, 1.82) is 0 Å². The summed E-state index contributed by atoms with van der Waals surface area (Å²) in [5, 5.41) is 2.80. The molecule has 0 radical (unpaired) electrons. The maximum atomic E-state index is 12.7. The summed E-state index contributed by atoms with van der Waals surface area (Å²) in [6.45, 7) is 1.94. The van der Waals surface area contributed by atoms with Gasteiger partial charge in [-0.05, 0) is 35.9 Å². The summed E-state index contributed by atoms with van der Waals surface area (Å²) >= 11 is 1.53. The van der Waals surface area contributed by atoms with Gasteiger partial charge in [-0.3, -0.25) is 4.79 Å². The van der Waals surface area contributed by atoms with Crippen molar-refractivity contribution in [3.63, 3.8) is 0 Å². The van der Waals surface area contributed by atoms with Crippen LogP contribution in [0.1, 0.15) is 12.5 Å². The summed E-state index contributed by atoms with van der Waals surface area (Å²) in [5.41, 5.74) is 1.25. The van der Waals surface area contributed by atoms with E-state index in [4.69, 9.17) is 9.47 Å². The number of methoxy groups -OCH3 is 2. The molecule has 1 heterocycles. The number of fused-ring (bicyclic) bond motifs is 1. The highest BCUT2D eigenvalue weighted by Crippen LogP contribution is 2.34. The fourth-order valence-electron chi connectivity index (χ4n) is 2.70. The van der Waals surface area contributed by atoms with Crippen LogP contribution in [-0.2, 0) is 21.4 Å². The minimum atomic E-state index is -3.75. The van der Waals surface area contributed by atoms with Crippen molar-refractivity contribution in [2.75, 3.05) is 25.3 Å². The molecule has 7 nitrogen and oxygen atoms in total. The Bertz CT molecular complexity index is 992. The lowest BCUT2D eigenvalue weighted by Gasteiger charge is -2.12. The monoisotopic (exact) mass is 422 g/mol. The fraction of sp³-hybridized carbons (Fsp3) is 0.316. The molecule has 150 valence electrons. The van der Waals surface area contributed by atoms with Crippen LogP contribution in [0.4, 0.5) is 5.69 Å². The van der Waals surface area contributed by atoms with Crippen LogP contribution in [0.3, 0.4) is 0 Å². The average Bonchev–Trinajstić information content (AvgIpc) is 2.84. The van der Waals surface area contributed by atoms with Crippen molar-refractivity contribution in [1.82, 2.24) is 4.72 Å². The Morgan fingerprint density at radius 2 is 1.89 bits per heavy atom. The number of ether oxygens (including phenoxy) is 2. The zero-order valence-corrected chi connectivity index (χ0v) is 17.4. The molecule has 1 aliphatic heterocycles. The predicted molar refractivity (Wildman–Crippen MR) is 109 cm³/mol. The molecule has 2 aromatic rings. The second-order valence-electron chi connectivity index (χ2n) is 6.37. The maximum absolute atomic E-state index is 12.7. The van der Waals surface area contributed by atoms with Crippen molar-refractivity contribution in [3.05, 3.63) is 42.0 Å². The third-order valence-corrected chi connectivity index (χ3v) is 7.10. The SMILES string of the molecule is COc1ccc(CNS(=O)(=O)c2ccc3c(c2)NC(=O)[C@H](C)CS3)cc1OC. The van der Waals surface area contributed by atoms with Crippen molar-refractivity contribution in [2.24, 2.45) is 5.92 Å². The number of amides is 1. The van der Waals surface area contributed by atoms with E-state index >= 15 is 0 Å². The van der Waals surface area contributed by atoms with Crippen LogP contribution in [0.5, 0.6) is 11.5 Å². The Morgan fingerprint density at radius 3 is 2.61 bits per heavy atom. The summed E-state index contributed by atoms with van der Waals surface area (Å²) in [7, 11) is -0.692. The third-order valence-electron chi connectivity index (χ3n) is 4.37. The van der Waals surface area contributed by atoms with Crippen LogP contribution in [0.2, 0.25) is 0 Å². The molecule has 0 aromatic heterocycles. The summed E-state index contributed by atoms with van der Waals surface area (Å²) in [4.78, 5) is 13.0. The molecule has 0 saturated carbocycles. The van der Waals surface area contributed by atoms with Gasteiger partial charge in [0.15, 0.2) is 11.5 Å². The predicted octanol–water partition coefficient (Wildman–Crippen LogP) is 2.86. The fourth-order valence-corrected chi connectivity index (χ4v) is 4.75. The number of sulfonamides is 1. The van der Waals surface area contributed by atoms with Crippen LogP contribution in [0.25, 0.3) is 0 Å². The van der Waals surface area contributed by atoms with Crippen LogP contribution in [0, 0.1) is 5.92 Å². The molecule has 2 N–H and O–H groups in total. The Morgan fingerprint density at radius 1 is 1.14 bits per heavy atom. The van der Waals surface area contributed by atoms with Crippen molar-refractivity contribution >= 4 is 33.4 Å². The summed E-state index contributed by atoms with van der Waals surface area (Å²) in [6, 6.07) is 9.97. The van der Waals surface area contributed by atoms with Gasteiger partial charge >= 0.3 is 0 Å². The zero-order valence-electron chi connectivity index (χ0n) is 15.8. The van der Waals surface area contributed by atoms with Crippen molar-refractivity contribution < 1.29 is 22.7 Å². The van der Waals surface area contributed by atoms with E-state index in [2.05, 4.69) is 10.0 Å². The number of anilines is 1. The lowest BCUT2D eigenvalue weighted by atomic mass is 10.2. The van der Waals surface area contributed by atoms with E-state index in [1.54, 1.807) is 30.3 Å². The largest absolute Gasteiger partial charge is 0.493 e. The molecule has 0 aliphatic carbocycles. The van der Waals surface area contributed by atoms with Gasteiger partial charge in [-0.2, -0.15) is 0 Å². The molecule has 3 rings (SSSR count). The van der Waals surface area contributed by atoms with Gasteiger partial charge in [-0.1, -0.05) is 13.0 Å². The molecule has 1 aliphatic rings. The minimum absolute atomic E-state index is 0.0952. The van der Waals surface area contributed by atoms with Crippen LogP contribution in [-0.4, -0.2) is 34.3 Å². The first-order chi connectivity index (χ1) is 13.3. The molecule has 1 atom stereocenters. The molecular weight excluding hydrogens is 400 g/mol. The van der Waals surface area contributed by atoms with E-state index in [1.807, 2.05) is 6.92 Å². The minimum Gasteiger partial charge on any atom is -0.493 e. The lowest BCUT2D eigenvalue weighted by Crippen LogP contribution is -2.24. The van der Waals surface area contributed by atoms with E-state index in [0.717, 1.165) is 10.5 Å². The van der Waals surface area contributed by atoms with Crippen LogP contribution >= 0.6 is 11.8 Å². The molecule has 2 aromatic carbocycles. The van der Waals surface area contributed by atoms with Gasteiger partial charge in [0.1, 0.15) is 0 Å². The quantitative estimate of drug-likeness (QED) is 0.744. The lowest BCUT2D eigenvalue weighted by molar-refractivity contribution is -0.118. The van der Waals surface area contributed by atoms with Crippen LogP contribution < -0.4 is 19.5 Å². The van der Waals surface area contributed by atoms with Gasteiger partial charge in [0.25, 0.3) is 0 Å². The molecule has 0 spiro atoms. The first-order valence-electron chi connectivity index (χ1n) is 8.62. The number of nitrogens with one attached hydrogen (secondary N) is 2. The highest BCUT2D eigenvalue weighted by atomic mass is 32.2. The first-order valence-corrected chi connectivity index (χ1v) is 11.1. The normalized spacial score (nSPS) is 16.7. The van der Waals surface area contributed by atoms with Gasteiger partial charge < -0.3 is 14.8 Å². The molecular formula is C19H22N2O5S2. The number of rotatable bonds is 6. The smallest absolute Gasteiger partial charge is 0.240 e. The van der Waals surface area contributed by atoms with Gasteiger partial charge in [0, 0.05) is 23.1 Å². The highest BCUT2D eigenvalue weighted by molar-refractivity contribution is 7.99. The van der Waals surface area contributed by atoms with Gasteiger partial charge in [0.05, 0.1) is 24.8 Å². The second-order valence-corrected chi connectivity index (χ2v) is 9.20. The van der Waals surface area contributed by atoms with Gasteiger partial charge in [0.2, 0.25) is 15.9 Å². The second kappa shape index (κ2) is 8.42. The maximum Gasteiger partial charge on any atom is 0.240 e. The summed E-state index contributed by atoms with van der Waals surface area (Å²) < 4.78 is 38.4. The van der Waals surface area contributed by atoms with E-state index in [0.29, 0.717) is 22.9 Å². The Balaban J connectivity index is 1.78. The number of carbonyl (C=O) groups is 1. The number of hydrogen-bond acceptors (Lipinski definition) is 6. The topological polar surface area (TPSA) is 93.7 Å². The Kier molecular flexibility index (Phi) is 6.17. The molecule has 0 bridgehead atoms. The van der Waals surface area contributed by atoms with E-state index in [9.17, 15) is 13.2 Å². The first kappa shape index (κ1) is 20.5. The van der Waals surface area contributed by atoms with Crippen molar-refractivity contribution in [2.45, 2.75) is 23.3 Å². The number of carbonyl (C=O) groups excluding carboxylic acids is 1. The molecule has 0 fully saturated rings. The standard InChI is InChI=1S/C19H22N2O5S2/c1-12-11-27-18-7-5-14(9-15(18)21-19(12)22)28(23,24)20-10-13-4-6-16(25-2)17(8-13)26-3/h4-9,12,20H,10-11H2,1-3H3,(H,21,22)/t12-/m1/s1. The zero-order chi connectivity index (χ0) is 20.3. The number of benzene rings is 2. The van der Waals surface area contributed by atoms with Crippen LogP contribution in [0.15, 0.2) is 46.2 Å². The number of thioether (sulfide) groups is 1. The summed E-state index contributed by atoms with van der Waals surface area (Å²) in [5.74, 6) is 1.50. The van der Waals surface area contributed by atoms with E-state index < -0.39 is 10.0 Å². The van der Waals surface area contributed by atoms with E-state index in [1.165, 1.54) is 32.0 Å². The van der Waals surface area contributed by atoms with Gasteiger partial charge in [-0.15, -0.1) is 11.8 Å². The molecule has 1 amide bonds. The van der Waals surface area contributed by atoms with E-state index in [-0.39, 0.29) is 23.3 Å². The van der Waals surface area contributed by atoms with Crippen molar-refractivity contribution in [3.8, 4) is 11.5 Å². The molecule has 9 heteroatoms.